The highest BCUT2D eigenvalue weighted by atomic mass is 16.5. The summed E-state index contributed by atoms with van der Waals surface area (Å²) in [6.07, 6.45) is 7.29. The molecule has 0 spiro atoms. The maximum Gasteiger partial charge on any atom is 0.118 e. The summed E-state index contributed by atoms with van der Waals surface area (Å²) in [5.74, 6) is 0.900. The summed E-state index contributed by atoms with van der Waals surface area (Å²) in [5, 5.41) is 0. The molecule has 2 unspecified atom stereocenters. The molecule has 0 aromatic heterocycles. The van der Waals surface area contributed by atoms with E-state index >= 15 is 0 Å². The molecule has 1 aromatic carbocycles. The average Bonchev–Trinajstić information content (AvgIpc) is 2.65. The van der Waals surface area contributed by atoms with Crippen LogP contribution >= 0.6 is 0 Å². The van der Waals surface area contributed by atoms with E-state index in [1.54, 1.807) is 7.11 Å². The van der Waals surface area contributed by atoms with Crippen molar-refractivity contribution in [2.24, 2.45) is 4.99 Å². The highest BCUT2D eigenvalue weighted by Gasteiger charge is 2.48. The molecule has 108 valence electrons. The van der Waals surface area contributed by atoms with Gasteiger partial charge in [0.15, 0.2) is 0 Å². The molecule has 3 heteroatoms. The van der Waals surface area contributed by atoms with E-state index in [0.29, 0.717) is 6.04 Å². The van der Waals surface area contributed by atoms with Crippen molar-refractivity contribution in [1.82, 2.24) is 0 Å². The Morgan fingerprint density at radius 1 is 1.10 bits per heavy atom. The van der Waals surface area contributed by atoms with Gasteiger partial charge in [0.25, 0.3) is 0 Å². The molecular formula is C17H25N2O+. The highest BCUT2D eigenvalue weighted by Crippen LogP contribution is 2.40. The van der Waals surface area contributed by atoms with Crippen LogP contribution in [0.4, 0.5) is 0 Å². The van der Waals surface area contributed by atoms with E-state index in [2.05, 4.69) is 26.2 Å². The first-order chi connectivity index (χ1) is 9.59. The van der Waals surface area contributed by atoms with Gasteiger partial charge in [0.2, 0.25) is 0 Å². The van der Waals surface area contributed by atoms with Gasteiger partial charge in [0.05, 0.1) is 39.3 Å². The van der Waals surface area contributed by atoms with E-state index in [0.717, 1.165) is 23.4 Å². The van der Waals surface area contributed by atoms with Crippen molar-refractivity contribution in [2.75, 3.05) is 21.2 Å². The zero-order valence-corrected chi connectivity index (χ0v) is 12.7. The molecule has 2 bridgehead atoms. The molecule has 3 rings (SSSR count). The number of hydrogen-bond donors (Lipinski definition) is 0. The first kappa shape index (κ1) is 13.6. The third-order valence-corrected chi connectivity index (χ3v) is 5.35. The van der Waals surface area contributed by atoms with Crippen LogP contribution in [0.5, 0.6) is 5.75 Å². The van der Waals surface area contributed by atoms with Crippen LogP contribution in [-0.4, -0.2) is 50.0 Å². The van der Waals surface area contributed by atoms with Crippen LogP contribution < -0.4 is 4.74 Å². The van der Waals surface area contributed by atoms with E-state index in [-0.39, 0.29) is 0 Å². The van der Waals surface area contributed by atoms with Crippen LogP contribution in [-0.2, 0) is 0 Å². The Kier molecular flexibility index (Phi) is 3.55. The molecule has 0 saturated carbocycles. The number of aliphatic imine (C=N–C) groups is 1. The molecule has 0 aliphatic carbocycles. The van der Waals surface area contributed by atoms with Gasteiger partial charge in [0, 0.05) is 31.9 Å². The number of benzene rings is 1. The predicted molar refractivity (Wildman–Crippen MR) is 82.5 cm³/mol. The first-order valence-electron chi connectivity index (χ1n) is 7.60. The summed E-state index contributed by atoms with van der Waals surface area (Å²) < 4.78 is 6.39. The van der Waals surface area contributed by atoms with Crippen molar-refractivity contribution < 1.29 is 9.22 Å². The lowest BCUT2D eigenvalue weighted by Crippen LogP contribution is -2.55. The first-order valence-corrected chi connectivity index (χ1v) is 7.60. The third-order valence-electron chi connectivity index (χ3n) is 5.35. The fraction of sp³-hybridized carbons (Fsp3) is 0.588. The minimum absolute atomic E-state index is 0.515. The second-order valence-corrected chi connectivity index (χ2v) is 6.69. The topological polar surface area (TPSA) is 21.6 Å². The Balaban J connectivity index is 1.65. The third kappa shape index (κ3) is 2.47. The number of piperidine rings is 1. The average molecular weight is 273 g/mol. The SMILES string of the molecule is COc1ccc(C=NC2CC3CCC(C2)[N+]3(C)C)cc1. The Labute approximate surface area is 121 Å². The summed E-state index contributed by atoms with van der Waals surface area (Å²) in [6.45, 7) is 0. The molecule has 2 aliphatic rings. The standard InChI is InChI=1S/C17H25N2O/c1-19(2)15-6-7-16(19)11-14(10-15)18-12-13-4-8-17(20-3)9-5-13/h4-5,8-9,12,14-16H,6-7,10-11H2,1-3H3/q+1. The van der Waals surface area contributed by atoms with Crippen LogP contribution in [0.25, 0.3) is 0 Å². The minimum Gasteiger partial charge on any atom is -0.497 e. The van der Waals surface area contributed by atoms with Crippen LogP contribution in [0.15, 0.2) is 29.3 Å². The van der Waals surface area contributed by atoms with E-state index in [9.17, 15) is 0 Å². The fourth-order valence-corrected chi connectivity index (χ4v) is 3.85. The van der Waals surface area contributed by atoms with E-state index in [4.69, 9.17) is 9.73 Å². The maximum absolute atomic E-state index is 5.18. The van der Waals surface area contributed by atoms with E-state index in [1.807, 2.05) is 18.3 Å². The fourth-order valence-electron chi connectivity index (χ4n) is 3.85. The van der Waals surface area contributed by atoms with Crippen molar-refractivity contribution in [3.63, 3.8) is 0 Å². The summed E-state index contributed by atoms with van der Waals surface area (Å²) in [6, 6.07) is 10.3. The molecule has 0 radical (unpaired) electrons. The second kappa shape index (κ2) is 5.21. The molecule has 0 N–H and O–H groups in total. The van der Waals surface area contributed by atoms with Crippen LogP contribution in [0, 0.1) is 0 Å². The van der Waals surface area contributed by atoms with Crippen molar-refractivity contribution in [2.45, 2.75) is 43.8 Å². The van der Waals surface area contributed by atoms with E-state index in [1.165, 1.54) is 30.2 Å². The lowest BCUT2D eigenvalue weighted by molar-refractivity contribution is -0.930. The Morgan fingerprint density at radius 3 is 2.25 bits per heavy atom. The highest BCUT2D eigenvalue weighted by molar-refractivity contribution is 5.79. The Hall–Kier alpha value is -1.35. The number of hydrogen-bond acceptors (Lipinski definition) is 2. The molecular weight excluding hydrogens is 248 g/mol. The summed E-state index contributed by atoms with van der Waals surface area (Å²) in [7, 11) is 6.48. The molecule has 2 saturated heterocycles. The van der Waals surface area contributed by atoms with Crippen molar-refractivity contribution >= 4 is 6.21 Å². The normalized spacial score (nSPS) is 31.6. The van der Waals surface area contributed by atoms with Crippen molar-refractivity contribution in [1.29, 1.82) is 0 Å². The van der Waals surface area contributed by atoms with Gasteiger partial charge in [-0.05, 0) is 29.8 Å². The molecule has 1 aromatic rings. The Bertz CT molecular complexity index is 476. The van der Waals surface area contributed by atoms with Gasteiger partial charge in [-0.15, -0.1) is 0 Å². The molecule has 20 heavy (non-hydrogen) atoms. The van der Waals surface area contributed by atoms with Gasteiger partial charge in [-0.3, -0.25) is 4.99 Å². The minimum atomic E-state index is 0.515. The number of nitrogens with zero attached hydrogens (tertiary/aromatic N) is 2. The van der Waals surface area contributed by atoms with Gasteiger partial charge in [-0.1, -0.05) is 0 Å². The summed E-state index contributed by atoms with van der Waals surface area (Å²) in [5.41, 5.74) is 1.16. The van der Waals surface area contributed by atoms with Gasteiger partial charge >= 0.3 is 0 Å². The molecule has 2 aliphatic heterocycles. The van der Waals surface area contributed by atoms with Crippen molar-refractivity contribution in [3.05, 3.63) is 29.8 Å². The molecule has 3 nitrogen and oxygen atoms in total. The number of rotatable bonds is 3. The monoisotopic (exact) mass is 273 g/mol. The zero-order chi connectivity index (χ0) is 14.2. The Morgan fingerprint density at radius 2 is 1.70 bits per heavy atom. The van der Waals surface area contributed by atoms with Gasteiger partial charge < -0.3 is 9.22 Å². The quantitative estimate of drug-likeness (QED) is 0.613. The van der Waals surface area contributed by atoms with Crippen molar-refractivity contribution in [3.8, 4) is 5.75 Å². The lowest BCUT2D eigenvalue weighted by Gasteiger charge is -2.43. The van der Waals surface area contributed by atoms with Crippen LogP contribution in [0.1, 0.15) is 31.2 Å². The molecule has 0 amide bonds. The zero-order valence-electron chi connectivity index (χ0n) is 12.7. The number of methoxy groups -OCH3 is 1. The summed E-state index contributed by atoms with van der Waals surface area (Å²) >= 11 is 0. The second-order valence-electron chi connectivity index (χ2n) is 6.69. The number of fused-ring (bicyclic) bond motifs is 2. The van der Waals surface area contributed by atoms with Gasteiger partial charge in [-0.2, -0.15) is 0 Å². The molecule has 2 fully saturated rings. The molecule has 2 heterocycles. The number of ether oxygens (including phenoxy) is 1. The van der Waals surface area contributed by atoms with Gasteiger partial charge in [-0.25, -0.2) is 0 Å². The summed E-state index contributed by atoms with van der Waals surface area (Å²) in [4.78, 5) is 4.84. The van der Waals surface area contributed by atoms with Gasteiger partial charge in [0.1, 0.15) is 5.75 Å². The van der Waals surface area contributed by atoms with Crippen LogP contribution in [0.3, 0.4) is 0 Å². The number of quaternary nitrogens is 1. The predicted octanol–water partition coefficient (Wildman–Crippen LogP) is 2.88. The maximum atomic E-state index is 5.18. The lowest BCUT2D eigenvalue weighted by atomic mass is 9.96. The van der Waals surface area contributed by atoms with Crippen LogP contribution in [0.2, 0.25) is 0 Å². The van der Waals surface area contributed by atoms with E-state index < -0.39 is 0 Å². The molecule has 2 atom stereocenters. The smallest absolute Gasteiger partial charge is 0.118 e. The largest absolute Gasteiger partial charge is 0.497 e.